The number of nitrogens with zero attached hydrogens (tertiary/aromatic N) is 1. The summed E-state index contributed by atoms with van der Waals surface area (Å²) < 4.78 is 29.7. The van der Waals surface area contributed by atoms with Crippen LogP contribution in [0, 0.1) is 0 Å². The Kier molecular flexibility index (Phi) is 3.11. The Labute approximate surface area is 117 Å². The van der Waals surface area contributed by atoms with E-state index in [1.807, 2.05) is 0 Å². The molecule has 7 nitrogen and oxygen atoms in total. The van der Waals surface area contributed by atoms with Gasteiger partial charge in [0.05, 0.1) is 18.2 Å². The third-order valence-electron chi connectivity index (χ3n) is 3.96. The molecule has 110 valence electrons. The number of aryl methyl sites for hydroxylation is 1. The van der Waals surface area contributed by atoms with E-state index in [9.17, 15) is 13.2 Å². The fourth-order valence-corrected chi connectivity index (χ4v) is 3.53. The van der Waals surface area contributed by atoms with Crippen molar-refractivity contribution in [3.63, 3.8) is 0 Å². The highest BCUT2D eigenvalue weighted by Crippen LogP contribution is 2.34. The van der Waals surface area contributed by atoms with Crippen LogP contribution in [0.2, 0.25) is 0 Å². The molecule has 1 aromatic rings. The molecule has 3 atom stereocenters. The third-order valence-corrected chi connectivity index (χ3v) is 4.84. The number of fused-ring (bicyclic) bond motifs is 2. The maximum absolute atomic E-state index is 12.2. The second-order valence-corrected chi connectivity index (χ2v) is 6.97. The van der Waals surface area contributed by atoms with Crippen LogP contribution in [0.4, 0.5) is 0 Å². The van der Waals surface area contributed by atoms with Gasteiger partial charge < -0.3 is 14.6 Å². The number of carbonyl (C=O) groups excluding carboxylic acids is 1. The number of rotatable bonds is 3. The van der Waals surface area contributed by atoms with Gasteiger partial charge in [-0.05, 0) is 25.3 Å². The van der Waals surface area contributed by atoms with Crippen LogP contribution in [-0.2, 0) is 21.8 Å². The lowest BCUT2D eigenvalue weighted by Gasteiger charge is -2.20. The van der Waals surface area contributed by atoms with Crippen LogP contribution in [0.1, 0.15) is 29.8 Å². The Balaban J connectivity index is 1.76. The van der Waals surface area contributed by atoms with Crippen LogP contribution in [0.3, 0.4) is 0 Å². The number of hydrogen-bond acceptors (Lipinski definition) is 4. The average Bonchev–Trinajstić information content (AvgIpc) is 3.01. The lowest BCUT2D eigenvalue weighted by Crippen LogP contribution is -2.41. The lowest BCUT2D eigenvalue weighted by atomic mass is 9.95. The molecule has 2 fully saturated rings. The second-order valence-electron chi connectivity index (χ2n) is 5.41. The molecule has 2 bridgehead atoms. The first kappa shape index (κ1) is 13.6. The van der Waals surface area contributed by atoms with Gasteiger partial charge in [0.15, 0.2) is 0 Å². The first-order chi connectivity index (χ1) is 9.34. The molecule has 8 heteroatoms. The summed E-state index contributed by atoms with van der Waals surface area (Å²) in [5.41, 5.74) is 0.275. The number of nitrogens with one attached hydrogen (secondary N) is 1. The molecule has 3 rings (SSSR count). The molecule has 1 aromatic heterocycles. The molecule has 0 saturated carbocycles. The number of hydrogen-bond donors (Lipinski definition) is 2. The molecule has 3 heterocycles. The SMILES string of the molecule is Cn1cc(S(N)(=O)=O)cc1C(=O)NC1CC2CCC1O2. The normalized spacial score (nSPS) is 28.8. The zero-order valence-corrected chi connectivity index (χ0v) is 11.9. The van der Waals surface area contributed by atoms with Gasteiger partial charge in [-0.3, -0.25) is 4.79 Å². The Morgan fingerprint density at radius 1 is 1.50 bits per heavy atom. The molecule has 2 aliphatic rings. The van der Waals surface area contributed by atoms with Gasteiger partial charge >= 0.3 is 0 Å². The summed E-state index contributed by atoms with van der Waals surface area (Å²) in [6.07, 6.45) is 4.51. The fraction of sp³-hybridized carbons (Fsp3) is 0.583. The quantitative estimate of drug-likeness (QED) is 0.801. The Bertz CT molecular complexity index is 652. The predicted molar refractivity (Wildman–Crippen MR) is 70.6 cm³/mol. The number of primary sulfonamides is 1. The van der Waals surface area contributed by atoms with Gasteiger partial charge in [-0.15, -0.1) is 0 Å². The van der Waals surface area contributed by atoms with Crippen molar-refractivity contribution in [1.29, 1.82) is 0 Å². The third kappa shape index (κ3) is 2.34. The van der Waals surface area contributed by atoms with Gasteiger partial charge in [0.2, 0.25) is 10.0 Å². The van der Waals surface area contributed by atoms with E-state index < -0.39 is 10.0 Å². The second kappa shape index (κ2) is 4.57. The maximum Gasteiger partial charge on any atom is 0.268 e. The molecule has 2 saturated heterocycles. The van der Waals surface area contributed by atoms with Crippen molar-refractivity contribution >= 4 is 15.9 Å². The van der Waals surface area contributed by atoms with E-state index in [-0.39, 0.29) is 34.7 Å². The molecular formula is C12H17N3O4S. The molecule has 2 aliphatic heterocycles. The van der Waals surface area contributed by atoms with E-state index in [0.717, 1.165) is 19.3 Å². The summed E-state index contributed by atoms with van der Waals surface area (Å²) in [5, 5.41) is 7.97. The van der Waals surface area contributed by atoms with Gasteiger partial charge in [0.1, 0.15) is 10.6 Å². The van der Waals surface area contributed by atoms with E-state index in [2.05, 4.69) is 5.32 Å². The summed E-state index contributed by atoms with van der Waals surface area (Å²) in [6, 6.07) is 1.30. The van der Waals surface area contributed by atoms with Crippen LogP contribution in [0.15, 0.2) is 17.2 Å². The first-order valence-electron chi connectivity index (χ1n) is 6.50. The van der Waals surface area contributed by atoms with Crippen LogP contribution in [0.25, 0.3) is 0 Å². The summed E-state index contributed by atoms with van der Waals surface area (Å²) in [4.78, 5) is 12.2. The van der Waals surface area contributed by atoms with Crippen molar-refractivity contribution in [3.05, 3.63) is 18.0 Å². The van der Waals surface area contributed by atoms with E-state index >= 15 is 0 Å². The van der Waals surface area contributed by atoms with Crippen LogP contribution >= 0.6 is 0 Å². The molecule has 1 amide bonds. The largest absolute Gasteiger partial charge is 0.373 e. The highest BCUT2D eigenvalue weighted by Gasteiger charge is 2.41. The molecule has 0 aliphatic carbocycles. The Morgan fingerprint density at radius 2 is 2.25 bits per heavy atom. The maximum atomic E-state index is 12.2. The molecule has 3 unspecified atom stereocenters. The average molecular weight is 299 g/mol. The molecular weight excluding hydrogens is 282 g/mol. The van der Waals surface area contributed by atoms with E-state index in [1.54, 1.807) is 7.05 Å². The van der Waals surface area contributed by atoms with Crippen molar-refractivity contribution in [3.8, 4) is 0 Å². The summed E-state index contributed by atoms with van der Waals surface area (Å²) in [7, 11) is -2.19. The van der Waals surface area contributed by atoms with Crippen LogP contribution < -0.4 is 10.5 Å². The summed E-state index contributed by atoms with van der Waals surface area (Å²) in [6.45, 7) is 0. The lowest BCUT2D eigenvalue weighted by molar-refractivity contribution is 0.0835. The number of sulfonamides is 1. The minimum atomic E-state index is -3.80. The van der Waals surface area contributed by atoms with Crippen molar-refractivity contribution in [2.24, 2.45) is 12.2 Å². The van der Waals surface area contributed by atoms with Gasteiger partial charge in [-0.1, -0.05) is 0 Å². The molecule has 0 aromatic carbocycles. The first-order valence-corrected chi connectivity index (χ1v) is 8.05. The molecule has 20 heavy (non-hydrogen) atoms. The van der Waals surface area contributed by atoms with Gasteiger partial charge in [0, 0.05) is 13.2 Å². The Hall–Kier alpha value is -1.38. The predicted octanol–water partition coefficient (Wildman–Crippen LogP) is -0.278. The van der Waals surface area contributed by atoms with E-state index in [0.29, 0.717) is 0 Å². The molecule has 3 N–H and O–H groups in total. The fourth-order valence-electron chi connectivity index (χ4n) is 2.95. The van der Waals surface area contributed by atoms with Crippen LogP contribution in [-0.4, -0.2) is 37.1 Å². The van der Waals surface area contributed by atoms with Crippen LogP contribution in [0.5, 0.6) is 0 Å². The van der Waals surface area contributed by atoms with Crippen molar-refractivity contribution < 1.29 is 17.9 Å². The molecule has 0 radical (unpaired) electrons. The smallest absolute Gasteiger partial charge is 0.268 e. The summed E-state index contributed by atoms with van der Waals surface area (Å²) >= 11 is 0. The highest BCUT2D eigenvalue weighted by atomic mass is 32.2. The number of aromatic nitrogens is 1. The highest BCUT2D eigenvalue weighted by molar-refractivity contribution is 7.89. The van der Waals surface area contributed by atoms with E-state index in [4.69, 9.17) is 9.88 Å². The van der Waals surface area contributed by atoms with E-state index in [1.165, 1.54) is 16.8 Å². The number of nitrogens with two attached hydrogens (primary N) is 1. The monoisotopic (exact) mass is 299 g/mol. The van der Waals surface area contributed by atoms with Gasteiger partial charge in [-0.2, -0.15) is 0 Å². The summed E-state index contributed by atoms with van der Waals surface area (Å²) in [5.74, 6) is -0.302. The zero-order valence-electron chi connectivity index (χ0n) is 11.1. The molecule has 0 spiro atoms. The van der Waals surface area contributed by atoms with Gasteiger partial charge in [0.25, 0.3) is 5.91 Å². The number of ether oxygens (including phenoxy) is 1. The van der Waals surface area contributed by atoms with Crippen molar-refractivity contribution in [2.45, 2.75) is 42.4 Å². The standard InChI is InChI=1S/C12H17N3O4S/c1-15-6-8(20(13,17)18)5-10(15)12(16)14-9-4-7-2-3-11(9)19-7/h5-7,9,11H,2-4H2,1H3,(H,14,16)(H2,13,17,18). The van der Waals surface area contributed by atoms with Crippen molar-refractivity contribution in [2.75, 3.05) is 0 Å². The van der Waals surface area contributed by atoms with Gasteiger partial charge in [-0.25, -0.2) is 13.6 Å². The Morgan fingerprint density at radius 3 is 2.75 bits per heavy atom. The minimum Gasteiger partial charge on any atom is -0.373 e. The topological polar surface area (TPSA) is 103 Å². The number of carbonyl (C=O) groups is 1. The van der Waals surface area contributed by atoms with Crippen molar-refractivity contribution in [1.82, 2.24) is 9.88 Å². The zero-order chi connectivity index (χ0) is 14.5. The number of amides is 1. The minimum absolute atomic E-state index is 0.00841.